The highest BCUT2D eigenvalue weighted by molar-refractivity contribution is 7.35. The lowest BCUT2D eigenvalue weighted by atomic mass is 10.2. The van der Waals surface area contributed by atoms with Crippen LogP contribution in [-0.4, -0.2) is 13.2 Å². The van der Waals surface area contributed by atoms with Gasteiger partial charge in [-0.2, -0.15) is 0 Å². The van der Waals surface area contributed by atoms with Crippen LogP contribution in [0.25, 0.3) is 49.4 Å². The van der Waals surface area contributed by atoms with Gasteiger partial charge in [0.05, 0.1) is 9.40 Å². The molecule has 0 atom stereocenters. The molecule has 0 aliphatic heterocycles. The van der Waals surface area contributed by atoms with Gasteiger partial charge < -0.3 is 4.74 Å². The van der Waals surface area contributed by atoms with Crippen molar-refractivity contribution in [2.45, 2.75) is 39.0 Å². The number of thiophene rings is 4. The van der Waals surface area contributed by atoms with Gasteiger partial charge in [-0.15, -0.1) is 45.3 Å². The lowest BCUT2D eigenvalue weighted by Crippen LogP contribution is -1.97. The average Bonchev–Trinajstić information content (AvgIpc) is 3.57. The molecule has 0 radical (unpaired) electrons. The van der Waals surface area contributed by atoms with Crippen molar-refractivity contribution in [3.05, 3.63) is 59.5 Å². The molecule has 6 aromatic rings. The van der Waals surface area contributed by atoms with Crippen LogP contribution in [0.1, 0.15) is 37.5 Å². The topological polar surface area (TPSA) is 9.23 Å². The monoisotopic (exact) mass is 506 g/mol. The van der Waals surface area contributed by atoms with Gasteiger partial charge in [0.1, 0.15) is 0 Å². The van der Waals surface area contributed by atoms with Crippen molar-refractivity contribution in [3.63, 3.8) is 0 Å². The fraction of sp³-hybridized carbons (Fsp3) is 0.286. The summed E-state index contributed by atoms with van der Waals surface area (Å²) in [4.78, 5) is 2.89. The van der Waals surface area contributed by atoms with Crippen molar-refractivity contribution in [3.8, 4) is 10.4 Å². The molecule has 4 heterocycles. The Balaban J connectivity index is 1.25. The highest BCUT2D eigenvalue weighted by Crippen LogP contribution is 2.47. The minimum absolute atomic E-state index is 0.905. The Hall–Kier alpha value is -1.76. The molecule has 0 N–H and O–H groups in total. The number of benzene rings is 2. The molecule has 0 fully saturated rings. The van der Waals surface area contributed by atoms with Gasteiger partial charge in [0, 0.05) is 52.5 Å². The van der Waals surface area contributed by atoms with Gasteiger partial charge in [-0.3, -0.25) is 0 Å². The molecule has 2 aromatic carbocycles. The van der Waals surface area contributed by atoms with Gasteiger partial charge in [0.15, 0.2) is 0 Å². The van der Waals surface area contributed by atoms with E-state index in [0.717, 1.165) is 19.6 Å². The van der Waals surface area contributed by atoms with Crippen LogP contribution in [0.3, 0.4) is 0 Å². The molecule has 33 heavy (non-hydrogen) atoms. The highest BCUT2D eigenvalue weighted by Gasteiger charge is 2.15. The van der Waals surface area contributed by atoms with E-state index in [-0.39, 0.29) is 0 Å². The summed E-state index contributed by atoms with van der Waals surface area (Å²) in [6.07, 6.45) is 5.94. The van der Waals surface area contributed by atoms with E-state index in [2.05, 4.69) is 61.5 Å². The normalized spacial score (nSPS) is 12.2. The third-order valence-corrected chi connectivity index (χ3v) is 11.0. The Labute approximate surface area is 210 Å². The summed E-state index contributed by atoms with van der Waals surface area (Å²) in [5, 5.41) is 2.87. The summed E-state index contributed by atoms with van der Waals surface area (Å²) in [5.74, 6) is 0. The van der Waals surface area contributed by atoms with Crippen molar-refractivity contribution in [2.24, 2.45) is 0 Å². The summed E-state index contributed by atoms with van der Waals surface area (Å²) >= 11 is 7.83. The van der Waals surface area contributed by atoms with E-state index >= 15 is 0 Å². The number of hydrogen-bond donors (Lipinski definition) is 0. The van der Waals surface area contributed by atoms with Crippen LogP contribution in [0.15, 0.2) is 54.6 Å². The molecule has 0 spiro atoms. The van der Waals surface area contributed by atoms with Crippen molar-refractivity contribution in [1.29, 1.82) is 0 Å². The fourth-order valence-electron chi connectivity index (χ4n) is 4.36. The molecule has 4 aromatic heterocycles. The molecule has 168 valence electrons. The number of ether oxygens (including phenoxy) is 1. The van der Waals surface area contributed by atoms with Crippen LogP contribution >= 0.6 is 45.3 Å². The van der Waals surface area contributed by atoms with Crippen LogP contribution in [0.2, 0.25) is 0 Å². The predicted molar refractivity (Wildman–Crippen MR) is 152 cm³/mol. The predicted octanol–water partition coefficient (Wildman–Crippen LogP) is 10.4. The minimum atomic E-state index is 0.905. The van der Waals surface area contributed by atoms with E-state index in [9.17, 15) is 0 Å². The van der Waals surface area contributed by atoms with E-state index in [0.29, 0.717) is 0 Å². The highest BCUT2D eigenvalue weighted by atomic mass is 32.1. The standard InChI is InChI=1S/C28H26OS4/c1-2-3-12-29-13-8-7-11-19-14-25-27(30-19)20-15-24-21(16-23(20)31-25)28-26(32-24)17-22(33-28)18-9-5-4-6-10-18/h4-6,9-10,14-17H,2-3,7-8,11-13H2,1H3. The van der Waals surface area contributed by atoms with Crippen LogP contribution < -0.4 is 0 Å². The molecular weight excluding hydrogens is 481 g/mol. The van der Waals surface area contributed by atoms with Crippen LogP contribution in [0.5, 0.6) is 0 Å². The largest absolute Gasteiger partial charge is 0.381 e. The number of fused-ring (bicyclic) bond motifs is 6. The number of unbranched alkanes of at least 4 members (excludes halogenated alkanes) is 2. The summed E-state index contributed by atoms with van der Waals surface area (Å²) in [7, 11) is 0. The van der Waals surface area contributed by atoms with Gasteiger partial charge in [-0.05, 0) is 55.5 Å². The summed E-state index contributed by atoms with van der Waals surface area (Å²) < 4.78 is 14.3. The molecule has 0 amide bonds. The first kappa shape index (κ1) is 21.8. The van der Waals surface area contributed by atoms with Crippen molar-refractivity contribution in [2.75, 3.05) is 13.2 Å². The molecule has 1 nitrogen and oxygen atoms in total. The molecule has 0 aliphatic carbocycles. The van der Waals surface area contributed by atoms with E-state index in [1.54, 1.807) is 0 Å². The molecule has 5 heteroatoms. The molecule has 6 rings (SSSR count). The van der Waals surface area contributed by atoms with E-state index < -0.39 is 0 Å². The number of aryl methyl sites for hydroxylation is 1. The zero-order chi connectivity index (χ0) is 22.2. The van der Waals surface area contributed by atoms with Gasteiger partial charge in [0.25, 0.3) is 0 Å². The maximum absolute atomic E-state index is 5.71. The van der Waals surface area contributed by atoms with E-state index in [4.69, 9.17) is 4.74 Å². The summed E-state index contributed by atoms with van der Waals surface area (Å²) in [6.45, 7) is 4.03. The van der Waals surface area contributed by atoms with Crippen molar-refractivity contribution in [1.82, 2.24) is 0 Å². The second kappa shape index (κ2) is 9.47. The quantitative estimate of drug-likeness (QED) is 0.177. The van der Waals surface area contributed by atoms with E-state index in [1.165, 1.54) is 80.0 Å². The second-order valence-electron chi connectivity index (χ2n) is 8.55. The molecule has 0 unspecified atom stereocenters. The SMILES string of the molecule is CCCCOCCCCc1cc2sc3cc4c(cc3c2s1)sc1cc(-c2ccccc2)sc14. The molecule has 0 saturated carbocycles. The lowest BCUT2D eigenvalue weighted by molar-refractivity contribution is 0.127. The van der Waals surface area contributed by atoms with Gasteiger partial charge in [-0.25, -0.2) is 0 Å². The summed E-state index contributed by atoms with van der Waals surface area (Å²) in [6, 6.07) is 20.5. The van der Waals surface area contributed by atoms with Crippen LogP contribution in [0, 0.1) is 0 Å². The smallest absolute Gasteiger partial charge is 0.0536 e. The van der Waals surface area contributed by atoms with Crippen molar-refractivity contribution < 1.29 is 4.74 Å². The molecule has 0 aliphatic rings. The Morgan fingerprint density at radius 2 is 1.36 bits per heavy atom. The van der Waals surface area contributed by atoms with Gasteiger partial charge >= 0.3 is 0 Å². The number of rotatable bonds is 9. The van der Waals surface area contributed by atoms with Gasteiger partial charge in [-0.1, -0.05) is 43.7 Å². The first-order chi connectivity index (χ1) is 16.3. The lowest BCUT2D eigenvalue weighted by Gasteiger charge is -2.02. The maximum atomic E-state index is 5.71. The third kappa shape index (κ3) is 4.26. The Morgan fingerprint density at radius 1 is 0.667 bits per heavy atom. The minimum Gasteiger partial charge on any atom is -0.381 e. The number of hydrogen-bond acceptors (Lipinski definition) is 5. The zero-order valence-corrected chi connectivity index (χ0v) is 22.0. The van der Waals surface area contributed by atoms with Crippen molar-refractivity contribution >= 4 is 84.3 Å². The molecular formula is C28H26OS4. The molecule has 0 bridgehead atoms. The Bertz CT molecular complexity index is 1530. The maximum Gasteiger partial charge on any atom is 0.0536 e. The van der Waals surface area contributed by atoms with E-state index in [1.807, 2.05) is 45.3 Å². The second-order valence-corrected chi connectivity index (χ2v) is 12.9. The first-order valence-corrected chi connectivity index (χ1v) is 15.0. The zero-order valence-electron chi connectivity index (χ0n) is 18.7. The van der Waals surface area contributed by atoms with Crippen LogP contribution in [0.4, 0.5) is 0 Å². The average molecular weight is 507 g/mol. The molecule has 0 saturated heterocycles. The van der Waals surface area contributed by atoms with Crippen LogP contribution in [-0.2, 0) is 11.2 Å². The Morgan fingerprint density at radius 3 is 2.12 bits per heavy atom. The Kier molecular flexibility index (Phi) is 6.24. The fourth-order valence-corrected chi connectivity index (χ4v) is 9.51. The summed E-state index contributed by atoms with van der Waals surface area (Å²) in [5.41, 5.74) is 1.32. The third-order valence-electron chi connectivity index (χ3n) is 6.12. The first-order valence-electron chi connectivity index (χ1n) is 11.7. The van der Waals surface area contributed by atoms with Gasteiger partial charge in [0.2, 0.25) is 0 Å².